The monoisotopic (exact) mass is 252 g/mol. The van der Waals surface area contributed by atoms with Crippen molar-refractivity contribution in [1.82, 2.24) is 10.6 Å². The molecule has 104 valence electrons. The maximum Gasteiger partial charge on any atom is 0.221 e. The highest BCUT2D eigenvalue weighted by molar-refractivity contribution is 5.76. The molecule has 1 aliphatic carbocycles. The van der Waals surface area contributed by atoms with E-state index in [9.17, 15) is 4.79 Å². The highest BCUT2D eigenvalue weighted by atomic mass is 16.1. The molecule has 1 unspecified atom stereocenters. The SMILES string of the molecule is CC1CCC(CCNC(=O)CC2CCCN2)CC1. The van der Waals surface area contributed by atoms with Gasteiger partial charge in [0.25, 0.3) is 0 Å². The van der Waals surface area contributed by atoms with E-state index >= 15 is 0 Å². The molecular formula is C15H28N2O. The number of carbonyl (C=O) groups excluding carboxylic acids is 1. The Morgan fingerprint density at radius 2 is 2.00 bits per heavy atom. The third-order valence-electron chi connectivity index (χ3n) is 4.60. The Kier molecular flexibility index (Phi) is 5.48. The predicted molar refractivity (Wildman–Crippen MR) is 74.4 cm³/mol. The molecule has 3 nitrogen and oxygen atoms in total. The van der Waals surface area contributed by atoms with Crippen LogP contribution < -0.4 is 10.6 Å². The van der Waals surface area contributed by atoms with Crippen molar-refractivity contribution < 1.29 is 4.79 Å². The van der Waals surface area contributed by atoms with Gasteiger partial charge in [0, 0.05) is 19.0 Å². The van der Waals surface area contributed by atoms with E-state index in [1.165, 1.54) is 38.5 Å². The van der Waals surface area contributed by atoms with E-state index in [2.05, 4.69) is 17.6 Å². The minimum atomic E-state index is 0.235. The first-order chi connectivity index (χ1) is 8.74. The van der Waals surface area contributed by atoms with Gasteiger partial charge >= 0.3 is 0 Å². The summed E-state index contributed by atoms with van der Waals surface area (Å²) in [4.78, 5) is 11.7. The third kappa shape index (κ3) is 4.60. The molecule has 0 aromatic rings. The first-order valence-corrected chi connectivity index (χ1v) is 7.74. The van der Waals surface area contributed by atoms with Gasteiger partial charge in [-0.25, -0.2) is 0 Å². The molecule has 0 aromatic heterocycles. The van der Waals surface area contributed by atoms with Crippen molar-refractivity contribution in [3.63, 3.8) is 0 Å². The molecular weight excluding hydrogens is 224 g/mol. The molecule has 1 amide bonds. The maximum absolute atomic E-state index is 11.7. The first kappa shape index (κ1) is 13.9. The summed E-state index contributed by atoms with van der Waals surface area (Å²) in [6, 6.07) is 0.431. The number of rotatable bonds is 5. The van der Waals surface area contributed by atoms with Gasteiger partial charge in [0.1, 0.15) is 0 Å². The van der Waals surface area contributed by atoms with E-state index in [1.54, 1.807) is 0 Å². The lowest BCUT2D eigenvalue weighted by atomic mass is 9.81. The Bertz CT molecular complexity index is 253. The quantitative estimate of drug-likeness (QED) is 0.789. The molecule has 0 aromatic carbocycles. The van der Waals surface area contributed by atoms with Crippen LogP contribution in [-0.2, 0) is 4.79 Å². The fraction of sp³-hybridized carbons (Fsp3) is 0.933. The second kappa shape index (κ2) is 7.13. The van der Waals surface area contributed by atoms with E-state index in [1.807, 2.05) is 0 Å². The van der Waals surface area contributed by atoms with Crippen molar-refractivity contribution in [3.8, 4) is 0 Å². The maximum atomic E-state index is 11.7. The molecule has 1 saturated carbocycles. The highest BCUT2D eigenvalue weighted by Crippen LogP contribution is 2.29. The van der Waals surface area contributed by atoms with Crippen molar-refractivity contribution in [3.05, 3.63) is 0 Å². The summed E-state index contributed by atoms with van der Waals surface area (Å²) in [5, 5.41) is 6.46. The van der Waals surface area contributed by atoms with Crippen molar-refractivity contribution in [1.29, 1.82) is 0 Å². The van der Waals surface area contributed by atoms with Crippen LogP contribution in [0.2, 0.25) is 0 Å². The molecule has 18 heavy (non-hydrogen) atoms. The van der Waals surface area contributed by atoms with Crippen LogP contribution in [-0.4, -0.2) is 25.0 Å². The lowest BCUT2D eigenvalue weighted by Crippen LogP contribution is -2.33. The van der Waals surface area contributed by atoms with E-state index in [-0.39, 0.29) is 5.91 Å². The first-order valence-electron chi connectivity index (χ1n) is 7.74. The Hall–Kier alpha value is -0.570. The second-order valence-electron chi connectivity index (χ2n) is 6.26. The number of carbonyl (C=O) groups is 1. The van der Waals surface area contributed by atoms with E-state index in [4.69, 9.17) is 0 Å². The van der Waals surface area contributed by atoms with Gasteiger partial charge in [-0.3, -0.25) is 4.79 Å². The summed E-state index contributed by atoms with van der Waals surface area (Å²) in [6.45, 7) is 4.31. The molecule has 2 N–H and O–H groups in total. The molecule has 0 radical (unpaired) electrons. The molecule has 1 atom stereocenters. The normalized spacial score (nSPS) is 32.4. The smallest absolute Gasteiger partial charge is 0.221 e. The highest BCUT2D eigenvalue weighted by Gasteiger charge is 2.19. The molecule has 1 saturated heterocycles. The number of amides is 1. The van der Waals surface area contributed by atoms with Crippen LogP contribution in [0.4, 0.5) is 0 Å². The predicted octanol–water partition coefficient (Wildman–Crippen LogP) is 2.46. The van der Waals surface area contributed by atoms with Gasteiger partial charge in [-0.1, -0.05) is 32.6 Å². The summed E-state index contributed by atoms with van der Waals surface area (Å²) in [5.74, 6) is 2.01. The molecule has 2 fully saturated rings. The van der Waals surface area contributed by atoms with Crippen LogP contribution in [0, 0.1) is 11.8 Å². The van der Waals surface area contributed by atoms with E-state index in [0.717, 1.165) is 31.3 Å². The average molecular weight is 252 g/mol. The van der Waals surface area contributed by atoms with Gasteiger partial charge < -0.3 is 10.6 Å². The standard InChI is InChI=1S/C15H28N2O/c1-12-4-6-13(7-5-12)8-10-17-15(18)11-14-3-2-9-16-14/h12-14,16H,2-11H2,1H3,(H,17,18). The lowest BCUT2D eigenvalue weighted by molar-refractivity contribution is -0.121. The molecule has 3 heteroatoms. The Labute approximate surface area is 111 Å². The van der Waals surface area contributed by atoms with Gasteiger partial charge in [0.2, 0.25) is 5.91 Å². The zero-order valence-electron chi connectivity index (χ0n) is 11.7. The summed E-state index contributed by atoms with van der Waals surface area (Å²) >= 11 is 0. The van der Waals surface area contributed by atoms with Crippen LogP contribution >= 0.6 is 0 Å². The van der Waals surface area contributed by atoms with Gasteiger partial charge in [-0.05, 0) is 37.6 Å². The topological polar surface area (TPSA) is 41.1 Å². The molecule has 2 aliphatic rings. The third-order valence-corrected chi connectivity index (χ3v) is 4.60. The van der Waals surface area contributed by atoms with Gasteiger partial charge in [0.15, 0.2) is 0 Å². The van der Waals surface area contributed by atoms with Crippen LogP contribution in [0.3, 0.4) is 0 Å². The van der Waals surface area contributed by atoms with Crippen LogP contribution in [0.1, 0.15) is 58.3 Å². The summed E-state index contributed by atoms with van der Waals surface area (Å²) < 4.78 is 0. The van der Waals surface area contributed by atoms with Crippen LogP contribution in [0.5, 0.6) is 0 Å². The van der Waals surface area contributed by atoms with Crippen LogP contribution in [0.25, 0.3) is 0 Å². The zero-order chi connectivity index (χ0) is 12.8. The van der Waals surface area contributed by atoms with E-state index < -0.39 is 0 Å². The van der Waals surface area contributed by atoms with Crippen molar-refractivity contribution in [2.45, 2.75) is 64.3 Å². The Balaban J connectivity index is 1.53. The van der Waals surface area contributed by atoms with Crippen molar-refractivity contribution in [2.75, 3.05) is 13.1 Å². The molecule has 2 rings (SSSR count). The van der Waals surface area contributed by atoms with Gasteiger partial charge in [0.05, 0.1) is 0 Å². The number of hydrogen-bond acceptors (Lipinski definition) is 2. The molecule has 0 spiro atoms. The fourth-order valence-electron chi connectivity index (χ4n) is 3.26. The van der Waals surface area contributed by atoms with Crippen LogP contribution in [0.15, 0.2) is 0 Å². The molecule has 1 heterocycles. The average Bonchev–Trinajstić information content (AvgIpc) is 2.84. The minimum absolute atomic E-state index is 0.235. The summed E-state index contributed by atoms with van der Waals surface area (Å²) in [5.41, 5.74) is 0. The van der Waals surface area contributed by atoms with E-state index in [0.29, 0.717) is 12.5 Å². The summed E-state index contributed by atoms with van der Waals surface area (Å²) in [7, 11) is 0. The van der Waals surface area contributed by atoms with Crippen molar-refractivity contribution >= 4 is 5.91 Å². The Morgan fingerprint density at radius 3 is 2.67 bits per heavy atom. The minimum Gasteiger partial charge on any atom is -0.356 e. The van der Waals surface area contributed by atoms with Gasteiger partial charge in [-0.2, -0.15) is 0 Å². The zero-order valence-corrected chi connectivity index (χ0v) is 11.7. The molecule has 0 bridgehead atoms. The largest absolute Gasteiger partial charge is 0.356 e. The second-order valence-corrected chi connectivity index (χ2v) is 6.26. The summed E-state index contributed by atoms with van der Waals surface area (Å²) in [6.07, 6.45) is 9.71. The van der Waals surface area contributed by atoms with Gasteiger partial charge in [-0.15, -0.1) is 0 Å². The van der Waals surface area contributed by atoms with Crippen molar-refractivity contribution in [2.24, 2.45) is 11.8 Å². The number of hydrogen-bond donors (Lipinski definition) is 2. The fourth-order valence-corrected chi connectivity index (χ4v) is 3.26. The lowest BCUT2D eigenvalue weighted by Gasteiger charge is -2.26. The Morgan fingerprint density at radius 1 is 1.22 bits per heavy atom. The number of nitrogens with one attached hydrogen (secondary N) is 2. The molecule has 1 aliphatic heterocycles.